The Hall–Kier alpha value is -2.50. The molecule has 6 nitrogen and oxygen atoms in total. The largest absolute Gasteiger partial charge is 0.323 e. The van der Waals surface area contributed by atoms with Gasteiger partial charge in [0, 0.05) is 23.9 Å². The summed E-state index contributed by atoms with van der Waals surface area (Å²) >= 11 is 0. The van der Waals surface area contributed by atoms with Gasteiger partial charge in [-0.3, -0.25) is 5.10 Å². The number of aromatic amines is 1. The van der Waals surface area contributed by atoms with Crippen LogP contribution in [-0.4, -0.2) is 25.1 Å². The molecular weight excluding hydrogens is 240 g/mol. The van der Waals surface area contributed by atoms with Crippen LogP contribution in [0, 0.1) is 6.33 Å². The molecule has 0 aliphatic heterocycles. The van der Waals surface area contributed by atoms with Crippen LogP contribution in [0.3, 0.4) is 0 Å². The maximum atomic E-state index is 4.25. The fraction of sp³-hybridized carbons (Fsp3) is 0.231. The van der Waals surface area contributed by atoms with Gasteiger partial charge in [0.25, 0.3) is 0 Å². The van der Waals surface area contributed by atoms with E-state index in [1.54, 1.807) is 6.20 Å². The molecule has 0 amide bonds. The minimum Gasteiger partial charge on any atom is -0.323 e. The monoisotopic (exact) mass is 251 g/mol. The molecule has 6 heteroatoms. The van der Waals surface area contributed by atoms with Crippen LogP contribution in [0.25, 0.3) is 11.0 Å². The van der Waals surface area contributed by atoms with E-state index in [2.05, 4.69) is 36.8 Å². The van der Waals surface area contributed by atoms with Crippen molar-refractivity contribution >= 4 is 22.7 Å². The van der Waals surface area contributed by atoms with Gasteiger partial charge in [-0.2, -0.15) is 5.10 Å². The Morgan fingerprint density at radius 3 is 3.16 bits per heavy atom. The summed E-state index contributed by atoms with van der Waals surface area (Å²) in [5, 5.41) is 11.3. The molecule has 0 atom stereocenters. The predicted octanol–water partition coefficient (Wildman–Crippen LogP) is 2.17. The van der Waals surface area contributed by atoms with Gasteiger partial charge < -0.3 is 5.32 Å². The van der Waals surface area contributed by atoms with Gasteiger partial charge in [0.2, 0.25) is 6.33 Å². The van der Waals surface area contributed by atoms with Crippen molar-refractivity contribution in [1.82, 2.24) is 25.1 Å². The van der Waals surface area contributed by atoms with Crippen molar-refractivity contribution < 1.29 is 0 Å². The van der Waals surface area contributed by atoms with Crippen LogP contribution < -0.4 is 5.32 Å². The van der Waals surface area contributed by atoms with Crippen LogP contribution in [0.1, 0.15) is 24.5 Å². The van der Waals surface area contributed by atoms with E-state index >= 15 is 0 Å². The fourth-order valence-electron chi connectivity index (χ4n) is 2.07. The second-order valence-electron chi connectivity index (χ2n) is 4.65. The number of hydrogen-bond donors (Lipinski definition) is 2. The maximum absolute atomic E-state index is 4.25. The third-order valence-corrected chi connectivity index (χ3v) is 3.22. The van der Waals surface area contributed by atoms with Crippen LogP contribution in [0.5, 0.6) is 0 Å². The highest BCUT2D eigenvalue weighted by Crippen LogP contribution is 2.39. The van der Waals surface area contributed by atoms with Crippen LogP contribution in [0.15, 0.2) is 24.4 Å². The fourth-order valence-corrected chi connectivity index (χ4v) is 2.07. The molecule has 0 unspecified atom stereocenters. The second kappa shape index (κ2) is 4.01. The predicted molar refractivity (Wildman–Crippen MR) is 70.0 cm³/mol. The number of hydrogen-bond acceptors (Lipinski definition) is 5. The molecule has 1 aliphatic carbocycles. The lowest BCUT2D eigenvalue weighted by molar-refractivity contribution is 0.966. The molecule has 4 rings (SSSR count). The molecule has 0 spiro atoms. The zero-order valence-corrected chi connectivity index (χ0v) is 10.1. The molecule has 2 N–H and O–H groups in total. The first kappa shape index (κ1) is 10.4. The van der Waals surface area contributed by atoms with E-state index in [0.29, 0.717) is 17.4 Å². The lowest BCUT2D eigenvalue weighted by Crippen LogP contribution is -1.97. The molecule has 1 saturated carbocycles. The van der Waals surface area contributed by atoms with Crippen molar-refractivity contribution in [2.45, 2.75) is 18.8 Å². The van der Waals surface area contributed by atoms with Gasteiger partial charge in [-0.05, 0) is 25.0 Å². The summed E-state index contributed by atoms with van der Waals surface area (Å²) in [7, 11) is 0. The molecule has 0 bridgehead atoms. The number of aromatic nitrogens is 5. The van der Waals surface area contributed by atoms with Crippen molar-refractivity contribution in [3.63, 3.8) is 0 Å². The Kier molecular flexibility index (Phi) is 2.20. The van der Waals surface area contributed by atoms with Gasteiger partial charge in [0.05, 0.1) is 5.39 Å². The van der Waals surface area contributed by atoms with Crippen molar-refractivity contribution in [2.24, 2.45) is 0 Å². The lowest BCUT2D eigenvalue weighted by Gasteiger charge is -2.03. The van der Waals surface area contributed by atoms with Crippen LogP contribution in [0.2, 0.25) is 0 Å². The van der Waals surface area contributed by atoms with E-state index in [1.165, 1.54) is 18.5 Å². The van der Waals surface area contributed by atoms with Gasteiger partial charge in [0.15, 0.2) is 11.5 Å². The number of nitrogens with one attached hydrogen (secondary N) is 2. The van der Waals surface area contributed by atoms with Gasteiger partial charge in [0.1, 0.15) is 5.82 Å². The number of nitrogens with zero attached hydrogens (tertiary/aromatic N) is 4. The quantitative estimate of drug-likeness (QED) is 0.745. The van der Waals surface area contributed by atoms with Crippen LogP contribution >= 0.6 is 0 Å². The average molecular weight is 251 g/mol. The van der Waals surface area contributed by atoms with Crippen LogP contribution in [0.4, 0.5) is 11.6 Å². The topological polar surface area (TPSA) is 79.4 Å². The maximum Gasteiger partial charge on any atom is 0.201 e. The lowest BCUT2D eigenvalue weighted by atomic mass is 10.3. The Balaban J connectivity index is 1.69. The van der Waals surface area contributed by atoms with Crippen molar-refractivity contribution in [2.75, 3.05) is 5.32 Å². The summed E-state index contributed by atoms with van der Waals surface area (Å²) in [6.07, 6.45) is 6.80. The zero-order chi connectivity index (χ0) is 12.7. The minimum absolute atomic E-state index is 0.623. The summed E-state index contributed by atoms with van der Waals surface area (Å²) in [5.74, 6) is 2.09. The van der Waals surface area contributed by atoms with Gasteiger partial charge in [-0.1, -0.05) is 0 Å². The van der Waals surface area contributed by atoms with E-state index in [9.17, 15) is 0 Å². The standard InChI is InChI=1S/C13H11N6/c1-2-9-12(14-5-1)15-7-16-13(9)17-11-6-10(18-19-11)8-3-4-8/h1-2,5-6,8H,3-4H2,(H2,14,15,16,17,18,19). The number of H-pyrrole nitrogens is 1. The molecule has 3 aromatic heterocycles. The van der Waals surface area contributed by atoms with Gasteiger partial charge >= 0.3 is 0 Å². The average Bonchev–Trinajstić information content (AvgIpc) is 3.20. The summed E-state index contributed by atoms with van der Waals surface area (Å²) in [6.45, 7) is 0. The first-order valence-electron chi connectivity index (χ1n) is 6.21. The smallest absolute Gasteiger partial charge is 0.201 e. The summed E-state index contributed by atoms with van der Waals surface area (Å²) < 4.78 is 0. The van der Waals surface area contributed by atoms with Crippen molar-refractivity contribution in [1.29, 1.82) is 0 Å². The molecule has 1 radical (unpaired) electrons. The SMILES string of the molecule is [c]1nc(Nc2cc(C3CC3)[nH]n2)c2cccnc2n1. The Bertz CT molecular complexity index is 725. The first-order chi connectivity index (χ1) is 9.40. The first-order valence-corrected chi connectivity index (χ1v) is 6.21. The van der Waals surface area contributed by atoms with E-state index in [0.717, 1.165) is 11.2 Å². The Labute approximate surface area is 109 Å². The highest BCUT2D eigenvalue weighted by Gasteiger charge is 2.25. The van der Waals surface area contributed by atoms with E-state index in [-0.39, 0.29) is 0 Å². The molecule has 3 heterocycles. The highest BCUT2D eigenvalue weighted by atomic mass is 15.2. The summed E-state index contributed by atoms with van der Waals surface area (Å²) in [6, 6.07) is 5.81. The normalized spacial score (nSPS) is 14.7. The number of anilines is 2. The van der Waals surface area contributed by atoms with Crippen molar-refractivity contribution in [3.05, 3.63) is 36.4 Å². The van der Waals surface area contributed by atoms with E-state index in [1.807, 2.05) is 18.2 Å². The molecule has 1 fully saturated rings. The number of pyridine rings is 1. The van der Waals surface area contributed by atoms with E-state index in [4.69, 9.17) is 0 Å². The molecule has 19 heavy (non-hydrogen) atoms. The molecule has 93 valence electrons. The Morgan fingerprint density at radius 2 is 2.26 bits per heavy atom. The molecular formula is C13H11N6. The summed E-state index contributed by atoms with van der Waals surface area (Å²) in [5.41, 5.74) is 1.81. The number of rotatable bonds is 3. The zero-order valence-electron chi connectivity index (χ0n) is 10.1. The number of fused-ring (bicyclic) bond motifs is 1. The second-order valence-corrected chi connectivity index (χ2v) is 4.65. The molecule has 0 saturated heterocycles. The Morgan fingerprint density at radius 1 is 1.32 bits per heavy atom. The third kappa shape index (κ3) is 1.91. The van der Waals surface area contributed by atoms with Crippen LogP contribution in [-0.2, 0) is 0 Å². The molecule has 3 aromatic rings. The molecule has 0 aromatic carbocycles. The van der Waals surface area contributed by atoms with E-state index < -0.39 is 0 Å². The van der Waals surface area contributed by atoms with Crippen molar-refractivity contribution in [3.8, 4) is 0 Å². The summed E-state index contributed by atoms with van der Waals surface area (Å²) in [4.78, 5) is 12.3. The third-order valence-electron chi connectivity index (χ3n) is 3.22. The minimum atomic E-state index is 0.623. The van der Waals surface area contributed by atoms with Gasteiger partial charge in [-0.15, -0.1) is 0 Å². The van der Waals surface area contributed by atoms with Gasteiger partial charge in [-0.25, -0.2) is 15.0 Å². The molecule has 1 aliphatic rings. The highest BCUT2D eigenvalue weighted by molar-refractivity contribution is 5.87.